The summed E-state index contributed by atoms with van der Waals surface area (Å²) in [6.07, 6.45) is 5.27. The fourth-order valence-electron chi connectivity index (χ4n) is 6.23. The molecule has 3 unspecified atom stereocenters. The van der Waals surface area contributed by atoms with Crippen molar-refractivity contribution in [3.8, 4) is 0 Å². The molecule has 2 aliphatic heterocycles. The summed E-state index contributed by atoms with van der Waals surface area (Å²) >= 11 is 0. The zero-order chi connectivity index (χ0) is 21.7. The predicted molar refractivity (Wildman–Crippen MR) is 122 cm³/mol. The summed E-state index contributed by atoms with van der Waals surface area (Å²) in [7, 11) is 1.47. The van der Waals surface area contributed by atoms with E-state index in [0.717, 1.165) is 48.5 Å². The quantitative estimate of drug-likeness (QED) is 0.606. The molecule has 1 spiro atoms. The van der Waals surface area contributed by atoms with E-state index in [2.05, 4.69) is 64.8 Å². The third kappa shape index (κ3) is 2.71. The molecular formula is C27H26N2O3. The molecule has 1 aromatic heterocycles. The molecule has 3 aliphatic rings. The lowest BCUT2D eigenvalue weighted by molar-refractivity contribution is -0.136. The number of anilines is 1. The van der Waals surface area contributed by atoms with Crippen molar-refractivity contribution in [1.82, 2.24) is 4.90 Å². The molecule has 0 saturated carbocycles. The van der Waals surface area contributed by atoms with Gasteiger partial charge in [0, 0.05) is 36.4 Å². The second-order valence-electron chi connectivity index (χ2n) is 8.99. The predicted octanol–water partition coefficient (Wildman–Crippen LogP) is 4.83. The molecule has 0 amide bonds. The number of nitrogens with zero attached hydrogens (tertiary/aromatic N) is 1. The molecule has 0 radical (unpaired) electrons. The second-order valence-corrected chi connectivity index (χ2v) is 8.99. The third-order valence-electron chi connectivity index (χ3n) is 7.57. The Hall–Kier alpha value is -3.31. The van der Waals surface area contributed by atoms with Gasteiger partial charge in [-0.15, -0.1) is 0 Å². The topological polar surface area (TPSA) is 54.7 Å². The van der Waals surface area contributed by atoms with Crippen LogP contribution in [0, 0.1) is 0 Å². The first kappa shape index (κ1) is 19.4. The Kier molecular flexibility index (Phi) is 4.47. The highest BCUT2D eigenvalue weighted by molar-refractivity contribution is 5.94. The maximum absolute atomic E-state index is 13.2. The van der Waals surface area contributed by atoms with Gasteiger partial charge in [-0.1, -0.05) is 48.5 Å². The van der Waals surface area contributed by atoms with E-state index in [1.54, 1.807) is 12.5 Å². The Morgan fingerprint density at radius 3 is 2.75 bits per heavy atom. The van der Waals surface area contributed by atoms with Gasteiger partial charge in [-0.05, 0) is 41.7 Å². The minimum absolute atomic E-state index is 0.0764. The molecule has 32 heavy (non-hydrogen) atoms. The number of esters is 1. The van der Waals surface area contributed by atoms with Gasteiger partial charge in [0.25, 0.3) is 0 Å². The Labute approximate surface area is 187 Å². The van der Waals surface area contributed by atoms with Gasteiger partial charge in [0.2, 0.25) is 0 Å². The second kappa shape index (κ2) is 7.38. The third-order valence-corrected chi connectivity index (χ3v) is 7.57. The number of carbonyl (C=O) groups is 1. The number of fused-ring (bicyclic) bond motifs is 1. The van der Waals surface area contributed by atoms with Crippen molar-refractivity contribution in [2.24, 2.45) is 0 Å². The van der Waals surface area contributed by atoms with Crippen LogP contribution in [-0.4, -0.2) is 30.6 Å². The number of rotatable bonds is 4. The van der Waals surface area contributed by atoms with Crippen molar-refractivity contribution >= 4 is 11.7 Å². The van der Waals surface area contributed by atoms with Crippen LogP contribution < -0.4 is 5.32 Å². The van der Waals surface area contributed by atoms with Crippen LogP contribution in [0.25, 0.3) is 0 Å². The summed E-state index contributed by atoms with van der Waals surface area (Å²) in [5.74, 6) is -0.335. The summed E-state index contributed by atoms with van der Waals surface area (Å²) in [6, 6.07) is 21.4. The standard InChI is InChI=1S/C27H26N2O3/c1-31-26(30)24-20(19-11-14-32-17-19)15-23-27(21-9-5-6-10-22(21)28-25(24)27)12-13-29(23)16-18-7-3-2-4-8-18/h2-11,14,17,20,23,28H,12-13,15-16H2,1H3. The van der Waals surface area contributed by atoms with Crippen molar-refractivity contribution in [1.29, 1.82) is 0 Å². The van der Waals surface area contributed by atoms with E-state index >= 15 is 0 Å². The van der Waals surface area contributed by atoms with Crippen LogP contribution in [0.3, 0.4) is 0 Å². The van der Waals surface area contributed by atoms with Crippen LogP contribution in [-0.2, 0) is 21.5 Å². The number of methoxy groups -OCH3 is 1. The number of hydrogen-bond donors (Lipinski definition) is 1. The molecule has 6 rings (SSSR count). The van der Waals surface area contributed by atoms with Crippen molar-refractivity contribution in [3.63, 3.8) is 0 Å². The Morgan fingerprint density at radius 2 is 1.97 bits per heavy atom. The smallest absolute Gasteiger partial charge is 0.336 e. The largest absolute Gasteiger partial charge is 0.472 e. The molecule has 1 N–H and O–H groups in total. The molecule has 162 valence electrons. The van der Waals surface area contributed by atoms with E-state index in [-0.39, 0.29) is 23.3 Å². The van der Waals surface area contributed by atoms with Crippen LogP contribution in [0.15, 0.2) is 88.9 Å². The van der Waals surface area contributed by atoms with E-state index in [9.17, 15) is 4.79 Å². The van der Waals surface area contributed by atoms with Gasteiger partial charge in [-0.25, -0.2) is 4.79 Å². The highest BCUT2D eigenvalue weighted by atomic mass is 16.5. The monoisotopic (exact) mass is 426 g/mol. The van der Waals surface area contributed by atoms with Crippen molar-refractivity contribution in [2.45, 2.75) is 36.8 Å². The van der Waals surface area contributed by atoms with Crippen molar-refractivity contribution < 1.29 is 13.9 Å². The maximum atomic E-state index is 13.2. The molecular weight excluding hydrogens is 400 g/mol. The molecule has 5 nitrogen and oxygen atoms in total. The molecule has 3 heterocycles. The van der Waals surface area contributed by atoms with Crippen molar-refractivity contribution in [2.75, 3.05) is 19.0 Å². The van der Waals surface area contributed by atoms with E-state index in [1.807, 2.05) is 6.07 Å². The van der Waals surface area contributed by atoms with Gasteiger partial charge in [-0.3, -0.25) is 4.90 Å². The van der Waals surface area contributed by atoms with Crippen LogP contribution in [0.4, 0.5) is 5.69 Å². The molecule has 3 aromatic rings. The van der Waals surface area contributed by atoms with Gasteiger partial charge in [-0.2, -0.15) is 0 Å². The molecule has 1 saturated heterocycles. The summed E-state index contributed by atoms with van der Waals surface area (Å²) in [5, 5.41) is 3.66. The zero-order valence-corrected chi connectivity index (χ0v) is 18.1. The fraction of sp³-hybridized carbons (Fsp3) is 0.296. The first-order valence-electron chi connectivity index (χ1n) is 11.2. The number of furan rings is 1. The van der Waals surface area contributed by atoms with E-state index < -0.39 is 0 Å². The number of nitrogens with one attached hydrogen (secondary N) is 1. The van der Waals surface area contributed by atoms with Gasteiger partial charge in [0.05, 0.1) is 30.6 Å². The number of hydrogen-bond acceptors (Lipinski definition) is 5. The van der Waals surface area contributed by atoms with Gasteiger partial charge in [0.1, 0.15) is 0 Å². The fourth-order valence-corrected chi connectivity index (χ4v) is 6.23. The van der Waals surface area contributed by atoms with Crippen molar-refractivity contribution in [3.05, 3.63) is 101 Å². The Bertz CT molecular complexity index is 1180. The SMILES string of the molecule is COC(=O)C1=C2Nc3ccccc3C23CCN(Cc2ccccc2)C3CC1c1ccoc1. The Morgan fingerprint density at radius 1 is 1.16 bits per heavy atom. The number of likely N-dealkylation sites (tertiary alicyclic amines) is 1. The van der Waals surface area contributed by atoms with Gasteiger partial charge in [0.15, 0.2) is 0 Å². The summed E-state index contributed by atoms with van der Waals surface area (Å²) in [4.78, 5) is 15.8. The Balaban J connectivity index is 1.53. The first-order valence-corrected chi connectivity index (χ1v) is 11.2. The molecule has 5 heteroatoms. The number of carbonyl (C=O) groups excluding carboxylic acids is 1. The minimum atomic E-state index is -0.258. The highest BCUT2D eigenvalue weighted by Gasteiger charge is 2.60. The minimum Gasteiger partial charge on any atom is -0.472 e. The molecule has 3 atom stereocenters. The van der Waals surface area contributed by atoms with E-state index in [4.69, 9.17) is 9.15 Å². The van der Waals surface area contributed by atoms with Crippen LogP contribution in [0.5, 0.6) is 0 Å². The maximum Gasteiger partial charge on any atom is 0.336 e. The molecule has 0 bridgehead atoms. The average Bonchev–Trinajstić information content (AvgIpc) is 3.56. The van der Waals surface area contributed by atoms with Gasteiger partial charge < -0.3 is 14.5 Å². The summed E-state index contributed by atoms with van der Waals surface area (Å²) in [5.41, 5.74) is 6.26. The molecule has 1 fully saturated rings. The van der Waals surface area contributed by atoms with E-state index in [1.165, 1.54) is 18.2 Å². The zero-order valence-electron chi connectivity index (χ0n) is 18.1. The lowest BCUT2D eigenvalue weighted by atomic mass is 9.63. The number of ether oxygens (including phenoxy) is 1. The number of para-hydroxylation sites is 1. The lowest BCUT2D eigenvalue weighted by Crippen LogP contribution is -2.48. The summed E-state index contributed by atoms with van der Waals surface area (Å²) in [6.45, 7) is 1.88. The number of benzene rings is 2. The lowest BCUT2D eigenvalue weighted by Gasteiger charge is -2.43. The summed E-state index contributed by atoms with van der Waals surface area (Å²) < 4.78 is 10.7. The first-order chi connectivity index (χ1) is 15.7. The molecule has 1 aliphatic carbocycles. The van der Waals surface area contributed by atoms with E-state index in [0.29, 0.717) is 0 Å². The van der Waals surface area contributed by atoms with Gasteiger partial charge >= 0.3 is 5.97 Å². The normalized spacial score (nSPS) is 26.3. The van der Waals surface area contributed by atoms with Crippen LogP contribution in [0.2, 0.25) is 0 Å². The van der Waals surface area contributed by atoms with Crippen LogP contribution in [0.1, 0.15) is 35.4 Å². The van der Waals surface area contributed by atoms with Crippen LogP contribution >= 0.6 is 0 Å². The highest BCUT2D eigenvalue weighted by Crippen LogP contribution is 2.60. The molecule has 2 aromatic carbocycles. The average molecular weight is 427 g/mol.